The van der Waals surface area contributed by atoms with Crippen molar-refractivity contribution in [2.45, 2.75) is 6.92 Å². The third-order valence-corrected chi connectivity index (χ3v) is 4.42. The average molecular weight is 338 g/mol. The normalized spacial score (nSPS) is 11.1. The standard InChI is InChI=1S/C18H16ClN5/c1-11-4-3-5-13(19)17(11)23-18-16-9-21-10-24(16)15-8-12(20-2)6-7-14(15)22-18/h3-10,20H,1-2H3,(H,22,23). The molecule has 0 atom stereocenters. The highest BCUT2D eigenvalue weighted by molar-refractivity contribution is 6.33. The summed E-state index contributed by atoms with van der Waals surface area (Å²) in [6.45, 7) is 2.02. The molecule has 2 aromatic heterocycles. The quantitative estimate of drug-likeness (QED) is 0.572. The highest BCUT2D eigenvalue weighted by atomic mass is 35.5. The van der Waals surface area contributed by atoms with E-state index in [1.807, 2.05) is 48.7 Å². The molecule has 5 nitrogen and oxygen atoms in total. The van der Waals surface area contributed by atoms with Crippen LogP contribution >= 0.6 is 11.6 Å². The molecule has 0 saturated carbocycles. The van der Waals surface area contributed by atoms with E-state index in [2.05, 4.69) is 21.7 Å². The van der Waals surface area contributed by atoms with Crippen LogP contribution in [-0.4, -0.2) is 21.4 Å². The molecule has 0 aliphatic carbocycles. The number of aromatic nitrogens is 3. The Bertz CT molecular complexity index is 1030. The Hall–Kier alpha value is -2.79. The first-order chi connectivity index (χ1) is 11.7. The van der Waals surface area contributed by atoms with Gasteiger partial charge in [0.2, 0.25) is 0 Å². The smallest absolute Gasteiger partial charge is 0.157 e. The number of hydrogen-bond donors (Lipinski definition) is 2. The number of hydrogen-bond acceptors (Lipinski definition) is 4. The predicted molar refractivity (Wildman–Crippen MR) is 99.5 cm³/mol. The van der Waals surface area contributed by atoms with E-state index in [0.29, 0.717) is 5.02 Å². The predicted octanol–water partition coefficient (Wildman–Crippen LogP) is 4.63. The molecule has 0 fully saturated rings. The van der Waals surface area contributed by atoms with E-state index in [1.165, 1.54) is 0 Å². The van der Waals surface area contributed by atoms with Crippen LogP contribution in [0, 0.1) is 6.92 Å². The van der Waals surface area contributed by atoms with Crippen LogP contribution in [0.4, 0.5) is 17.2 Å². The van der Waals surface area contributed by atoms with Crippen molar-refractivity contribution in [1.82, 2.24) is 14.4 Å². The number of rotatable bonds is 3. The minimum Gasteiger partial charge on any atom is -0.388 e. The summed E-state index contributed by atoms with van der Waals surface area (Å²) in [4.78, 5) is 9.05. The van der Waals surface area contributed by atoms with Gasteiger partial charge in [-0.25, -0.2) is 9.97 Å². The van der Waals surface area contributed by atoms with Crippen molar-refractivity contribution >= 4 is 45.3 Å². The Kier molecular flexibility index (Phi) is 3.50. The number of benzene rings is 2. The van der Waals surface area contributed by atoms with E-state index in [0.717, 1.165) is 39.3 Å². The fourth-order valence-corrected chi connectivity index (χ4v) is 3.08. The van der Waals surface area contributed by atoms with Gasteiger partial charge in [0.05, 0.1) is 34.3 Å². The van der Waals surface area contributed by atoms with Gasteiger partial charge in [-0.15, -0.1) is 0 Å². The van der Waals surface area contributed by atoms with Crippen molar-refractivity contribution in [3.8, 4) is 0 Å². The lowest BCUT2D eigenvalue weighted by atomic mass is 10.2. The maximum atomic E-state index is 6.34. The first-order valence-corrected chi connectivity index (χ1v) is 8.01. The van der Waals surface area contributed by atoms with Gasteiger partial charge in [-0.1, -0.05) is 23.7 Å². The van der Waals surface area contributed by atoms with Gasteiger partial charge < -0.3 is 10.6 Å². The van der Waals surface area contributed by atoms with Crippen molar-refractivity contribution in [2.24, 2.45) is 0 Å². The average Bonchev–Trinajstić information content (AvgIpc) is 3.08. The molecule has 0 aliphatic heterocycles. The van der Waals surface area contributed by atoms with Crippen LogP contribution in [0.2, 0.25) is 5.02 Å². The Morgan fingerprint density at radius 1 is 1.12 bits per heavy atom. The van der Waals surface area contributed by atoms with Gasteiger partial charge >= 0.3 is 0 Å². The molecule has 0 spiro atoms. The van der Waals surface area contributed by atoms with E-state index in [9.17, 15) is 0 Å². The van der Waals surface area contributed by atoms with Crippen LogP contribution < -0.4 is 10.6 Å². The first-order valence-electron chi connectivity index (χ1n) is 7.63. The summed E-state index contributed by atoms with van der Waals surface area (Å²) >= 11 is 6.34. The number of nitrogens with one attached hydrogen (secondary N) is 2. The van der Waals surface area contributed by atoms with E-state index in [1.54, 1.807) is 12.5 Å². The largest absolute Gasteiger partial charge is 0.388 e. The van der Waals surface area contributed by atoms with Crippen molar-refractivity contribution in [3.63, 3.8) is 0 Å². The summed E-state index contributed by atoms with van der Waals surface area (Å²) in [6, 6.07) is 11.9. The van der Waals surface area contributed by atoms with Crippen LogP contribution in [0.15, 0.2) is 48.9 Å². The molecule has 0 aliphatic rings. The maximum absolute atomic E-state index is 6.34. The Morgan fingerprint density at radius 3 is 2.79 bits per heavy atom. The number of para-hydroxylation sites is 1. The SMILES string of the molecule is CNc1ccc2nc(Nc3c(C)cccc3Cl)c3cncn3c2c1. The molecule has 0 amide bonds. The summed E-state index contributed by atoms with van der Waals surface area (Å²) in [7, 11) is 1.90. The minimum absolute atomic E-state index is 0.667. The molecule has 4 rings (SSSR count). The Morgan fingerprint density at radius 2 is 2.00 bits per heavy atom. The third kappa shape index (κ3) is 2.34. The first kappa shape index (κ1) is 14.8. The summed E-state index contributed by atoms with van der Waals surface area (Å²) in [5.74, 6) is 0.730. The van der Waals surface area contributed by atoms with Gasteiger partial charge in [0.1, 0.15) is 5.52 Å². The van der Waals surface area contributed by atoms with Crippen LogP contribution in [0.1, 0.15) is 5.56 Å². The molecule has 0 bridgehead atoms. The highest BCUT2D eigenvalue weighted by Gasteiger charge is 2.12. The monoisotopic (exact) mass is 337 g/mol. The van der Waals surface area contributed by atoms with Crippen LogP contribution in [-0.2, 0) is 0 Å². The lowest BCUT2D eigenvalue weighted by Gasteiger charge is -2.13. The second-order valence-electron chi connectivity index (χ2n) is 5.62. The Balaban J connectivity index is 1.93. The second kappa shape index (κ2) is 5.69. The molecule has 2 N–H and O–H groups in total. The number of anilines is 3. The zero-order valence-corrected chi connectivity index (χ0v) is 14.1. The summed E-state index contributed by atoms with van der Waals surface area (Å²) in [5.41, 5.74) is 5.73. The molecule has 6 heteroatoms. The zero-order valence-electron chi connectivity index (χ0n) is 13.3. The van der Waals surface area contributed by atoms with Gasteiger partial charge in [-0.05, 0) is 36.8 Å². The van der Waals surface area contributed by atoms with Crippen molar-refractivity contribution in [1.29, 1.82) is 0 Å². The van der Waals surface area contributed by atoms with Crippen molar-refractivity contribution < 1.29 is 0 Å². The van der Waals surface area contributed by atoms with E-state index in [4.69, 9.17) is 16.6 Å². The fraction of sp³-hybridized carbons (Fsp3) is 0.111. The number of imidazole rings is 1. The van der Waals surface area contributed by atoms with Gasteiger partial charge in [-0.2, -0.15) is 0 Å². The number of fused-ring (bicyclic) bond motifs is 3. The van der Waals surface area contributed by atoms with Crippen LogP contribution in [0.25, 0.3) is 16.6 Å². The van der Waals surface area contributed by atoms with Gasteiger partial charge in [0, 0.05) is 12.7 Å². The molecule has 4 aromatic rings. The lowest BCUT2D eigenvalue weighted by Crippen LogP contribution is -2.01. The number of aryl methyl sites for hydroxylation is 1. The highest BCUT2D eigenvalue weighted by Crippen LogP contribution is 2.31. The maximum Gasteiger partial charge on any atom is 0.157 e. The molecule has 0 unspecified atom stereocenters. The summed E-state index contributed by atoms with van der Waals surface area (Å²) in [6.07, 6.45) is 3.59. The molecule has 0 saturated heterocycles. The minimum atomic E-state index is 0.667. The van der Waals surface area contributed by atoms with Crippen molar-refractivity contribution in [3.05, 3.63) is 59.5 Å². The van der Waals surface area contributed by atoms with Crippen molar-refractivity contribution in [2.75, 3.05) is 17.7 Å². The molecule has 0 radical (unpaired) electrons. The third-order valence-electron chi connectivity index (χ3n) is 4.10. The lowest BCUT2D eigenvalue weighted by molar-refractivity contribution is 1.18. The second-order valence-corrected chi connectivity index (χ2v) is 6.03. The van der Waals surface area contributed by atoms with E-state index < -0.39 is 0 Å². The Labute approximate surface area is 144 Å². The van der Waals surface area contributed by atoms with E-state index >= 15 is 0 Å². The summed E-state index contributed by atoms with van der Waals surface area (Å²) in [5, 5.41) is 7.19. The molecule has 120 valence electrons. The van der Waals surface area contributed by atoms with Crippen LogP contribution in [0.5, 0.6) is 0 Å². The molecular formula is C18H16ClN5. The molecular weight excluding hydrogens is 322 g/mol. The van der Waals surface area contributed by atoms with Gasteiger partial charge in [-0.3, -0.25) is 4.40 Å². The number of halogens is 1. The molecule has 2 aromatic carbocycles. The zero-order chi connectivity index (χ0) is 16.7. The topological polar surface area (TPSA) is 54.2 Å². The van der Waals surface area contributed by atoms with E-state index in [-0.39, 0.29) is 0 Å². The summed E-state index contributed by atoms with van der Waals surface area (Å²) < 4.78 is 2.03. The molecule has 2 heterocycles. The fourth-order valence-electron chi connectivity index (χ4n) is 2.81. The van der Waals surface area contributed by atoms with Gasteiger partial charge in [0.15, 0.2) is 5.82 Å². The van der Waals surface area contributed by atoms with Crippen LogP contribution in [0.3, 0.4) is 0 Å². The number of nitrogens with zero attached hydrogens (tertiary/aromatic N) is 3. The molecule has 24 heavy (non-hydrogen) atoms. The van der Waals surface area contributed by atoms with Gasteiger partial charge in [0.25, 0.3) is 0 Å².